The maximum atomic E-state index is 8.29. The van der Waals surface area contributed by atoms with E-state index in [1.165, 1.54) is 49.7 Å². The zero-order valence-corrected chi connectivity index (χ0v) is 16.7. The van der Waals surface area contributed by atoms with Crippen molar-refractivity contribution in [1.29, 1.82) is 0 Å². The van der Waals surface area contributed by atoms with Gasteiger partial charge in [0, 0.05) is 13.2 Å². The fourth-order valence-electron chi connectivity index (χ4n) is 2.34. The van der Waals surface area contributed by atoms with Crippen molar-refractivity contribution in [3.8, 4) is 11.1 Å². The van der Waals surface area contributed by atoms with Crippen molar-refractivity contribution in [2.45, 2.75) is 65.2 Å². The first-order valence-corrected chi connectivity index (χ1v) is 10.1. The van der Waals surface area contributed by atoms with Gasteiger partial charge in [0.15, 0.2) is 0 Å². The quantitative estimate of drug-likeness (QED) is 0.504. The van der Waals surface area contributed by atoms with Gasteiger partial charge in [-0.25, -0.2) is 0 Å². The van der Waals surface area contributed by atoms with Gasteiger partial charge in [-0.05, 0) is 24.0 Å². The molecule has 0 atom stereocenters. The van der Waals surface area contributed by atoms with Gasteiger partial charge in [-0.3, -0.25) is 0 Å². The van der Waals surface area contributed by atoms with Crippen LogP contribution in [0.3, 0.4) is 0 Å². The van der Waals surface area contributed by atoms with Crippen LogP contribution < -0.4 is 0 Å². The summed E-state index contributed by atoms with van der Waals surface area (Å²) < 4.78 is 0. The van der Waals surface area contributed by atoms with Gasteiger partial charge in [0.05, 0.1) is 0 Å². The van der Waals surface area contributed by atoms with Crippen LogP contribution in [0.25, 0.3) is 11.1 Å². The van der Waals surface area contributed by atoms with Gasteiger partial charge in [-0.15, -0.1) is 0 Å². The minimum absolute atomic E-state index is 0.361. The van der Waals surface area contributed by atoms with Crippen LogP contribution in [0, 0.1) is 0 Å². The molecule has 2 nitrogen and oxygen atoms in total. The number of unbranched alkanes of at least 4 members (excludes halogenated alkanes) is 6. The van der Waals surface area contributed by atoms with Crippen LogP contribution in [-0.4, -0.2) is 23.4 Å². The minimum Gasteiger partial charge on any atom is -0.396 e. The molecule has 0 spiro atoms. The predicted molar refractivity (Wildman–Crippen MR) is 114 cm³/mol. The molecule has 0 amide bonds. The molecule has 2 rings (SSSR count). The Kier molecular flexibility index (Phi) is 18.4. The Morgan fingerprint density at radius 3 is 1.12 bits per heavy atom. The van der Waals surface area contributed by atoms with Crippen LogP contribution in [0.4, 0.5) is 0 Å². The van der Waals surface area contributed by atoms with Crippen molar-refractivity contribution in [2.75, 3.05) is 13.2 Å². The van der Waals surface area contributed by atoms with E-state index < -0.39 is 0 Å². The van der Waals surface area contributed by atoms with Crippen molar-refractivity contribution in [3.63, 3.8) is 0 Å². The van der Waals surface area contributed by atoms with E-state index in [-0.39, 0.29) is 0 Å². The number of aliphatic hydroxyl groups is 2. The minimum atomic E-state index is 0.361. The fraction of sp³-hybridized carbons (Fsp3) is 0.500. The van der Waals surface area contributed by atoms with Crippen molar-refractivity contribution < 1.29 is 10.2 Å². The van der Waals surface area contributed by atoms with Gasteiger partial charge in [0.2, 0.25) is 0 Å². The maximum Gasteiger partial charge on any atom is 0.0431 e. The lowest BCUT2D eigenvalue weighted by Gasteiger charge is -1.98. The summed E-state index contributed by atoms with van der Waals surface area (Å²) in [5.41, 5.74) is 2.55. The second kappa shape index (κ2) is 19.7. The molecule has 0 radical (unpaired) electrons. The standard InChI is InChI=1S/C12H10.2C6H14O/c1-3-7-11(8-4-1)12-9-5-2-6-10-12;2*1-2-3-4-5-6-7/h1-10H;2*7H,2-6H2,1H3. The molecule has 0 fully saturated rings. The molecule has 0 heterocycles. The Balaban J connectivity index is 0.000000390. The van der Waals surface area contributed by atoms with Gasteiger partial charge >= 0.3 is 0 Å². The maximum absolute atomic E-state index is 8.29. The summed E-state index contributed by atoms with van der Waals surface area (Å²) in [4.78, 5) is 0. The molecule has 26 heavy (non-hydrogen) atoms. The summed E-state index contributed by atoms with van der Waals surface area (Å²) in [6.07, 6.45) is 9.36. The Morgan fingerprint density at radius 1 is 0.500 bits per heavy atom. The summed E-state index contributed by atoms with van der Waals surface area (Å²) >= 11 is 0. The summed E-state index contributed by atoms with van der Waals surface area (Å²) in [5.74, 6) is 0. The number of rotatable bonds is 9. The molecule has 0 aliphatic carbocycles. The van der Waals surface area contributed by atoms with Crippen LogP contribution in [0.15, 0.2) is 60.7 Å². The molecule has 0 aromatic heterocycles. The molecule has 0 aliphatic rings. The monoisotopic (exact) mass is 358 g/mol. The zero-order valence-electron chi connectivity index (χ0n) is 16.7. The first kappa shape index (κ1) is 24.4. The first-order chi connectivity index (χ1) is 12.8. The number of hydrogen-bond donors (Lipinski definition) is 2. The molecule has 2 heteroatoms. The van der Waals surface area contributed by atoms with Gasteiger partial charge in [-0.2, -0.15) is 0 Å². The lowest BCUT2D eigenvalue weighted by atomic mass is 10.1. The van der Waals surface area contributed by atoms with Crippen LogP contribution in [0.5, 0.6) is 0 Å². The number of aliphatic hydroxyl groups excluding tert-OH is 2. The topological polar surface area (TPSA) is 40.5 Å². The highest BCUT2D eigenvalue weighted by Gasteiger charge is 1.91. The van der Waals surface area contributed by atoms with E-state index >= 15 is 0 Å². The summed E-state index contributed by atoms with van der Waals surface area (Å²) in [6.45, 7) is 5.05. The summed E-state index contributed by atoms with van der Waals surface area (Å²) in [5, 5.41) is 16.6. The third-order valence-electron chi connectivity index (χ3n) is 3.90. The van der Waals surface area contributed by atoms with Crippen molar-refractivity contribution in [3.05, 3.63) is 60.7 Å². The zero-order chi connectivity index (χ0) is 19.3. The number of benzene rings is 2. The Bertz CT molecular complexity index is 427. The van der Waals surface area contributed by atoms with E-state index in [4.69, 9.17) is 10.2 Å². The van der Waals surface area contributed by atoms with E-state index in [1.807, 2.05) is 12.1 Å². The molecule has 0 aliphatic heterocycles. The van der Waals surface area contributed by atoms with Crippen molar-refractivity contribution in [2.24, 2.45) is 0 Å². The summed E-state index contributed by atoms with van der Waals surface area (Å²) in [6, 6.07) is 20.8. The van der Waals surface area contributed by atoms with E-state index in [0.29, 0.717) is 13.2 Å². The predicted octanol–water partition coefficient (Wildman–Crippen LogP) is 6.47. The van der Waals surface area contributed by atoms with E-state index in [2.05, 4.69) is 62.4 Å². The Hall–Kier alpha value is -1.64. The van der Waals surface area contributed by atoms with Gasteiger partial charge in [-0.1, -0.05) is 113 Å². The molecule has 0 saturated carbocycles. The average Bonchev–Trinajstić information content (AvgIpc) is 2.71. The molecule has 0 unspecified atom stereocenters. The van der Waals surface area contributed by atoms with E-state index in [9.17, 15) is 0 Å². The third-order valence-corrected chi connectivity index (χ3v) is 3.90. The third kappa shape index (κ3) is 14.7. The molecule has 2 N–H and O–H groups in total. The van der Waals surface area contributed by atoms with Crippen LogP contribution in [-0.2, 0) is 0 Å². The Labute approximate surface area is 160 Å². The van der Waals surface area contributed by atoms with Crippen LogP contribution in [0.2, 0.25) is 0 Å². The SMILES string of the molecule is CCCCCCO.CCCCCCO.c1ccc(-c2ccccc2)cc1. The normalized spacial score (nSPS) is 9.54. The smallest absolute Gasteiger partial charge is 0.0431 e. The lowest BCUT2D eigenvalue weighted by Crippen LogP contribution is -1.80. The van der Waals surface area contributed by atoms with Crippen LogP contribution >= 0.6 is 0 Å². The lowest BCUT2D eigenvalue weighted by molar-refractivity contribution is 0.282. The van der Waals surface area contributed by atoms with Crippen molar-refractivity contribution >= 4 is 0 Å². The largest absolute Gasteiger partial charge is 0.396 e. The number of hydrogen-bond acceptors (Lipinski definition) is 2. The van der Waals surface area contributed by atoms with Gasteiger partial charge in [0.25, 0.3) is 0 Å². The molecule has 146 valence electrons. The van der Waals surface area contributed by atoms with Crippen LogP contribution in [0.1, 0.15) is 65.2 Å². The van der Waals surface area contributed by atoms with Gasteiger partial charge < -0.3 is 10.2 Å². The second-order valence-electron chi connectivity index (χ2n) is 6.30. The highest BCUT2D eigenvalue weighted by molar-refractivity contribution is 5.62. The van der Waals surface area contributed by atoms with Gasteiger partial charge in [0.1, 0.15) is 0 Å². The fourth-order valence-corrected chi connectivity index (χ4v) is 2.34. The molecular formula is C24H38O2. The molecular weight excluding hydrogens is 320 g/mol. The van der Waals surface area contributed by atoms with Crippen molar-refractivity contribution in [1.82, 2.24) is 0 Å². The Morgan fingerprint density at radius 2 is 0.846 bits per heavy atom. The molecule has 2 aromatic rings. The highest BCUT2D eigenvalue weighted by Crippen LogP contribution is 2.17. The van der Waals surface area contributed by atoms with E-state index in [1.54, 1.807) is 0 Å². The highest BCUT2D eigenvalue weighted by atomic mass is 16.3. The summed E-state index contributed by atoms with van der Waals surface area (Å²) in [7, 11) is 0. The second-order valence-corrected chi connectivity index (χ2v) is 6.30. The molecule has 2 aromatic carbocycles. The average molecular weight is 359 g/mol. The van der Waals surface area contributed by atoms with E-state index in [0.717, 1.165) is 12.8 Å². The molecule has 0 saturated heterocycles. The molecule has 0 bridgehead atoms. The first-order valence-electron chi connectivity index (χ1n) is 10.1.